The molecular formula is C102H147N29O10. The van der Waals surface area contributed by atoms with Crippen molar-refractivity contribution in [3.05, 3.63) is 140 Å². The number of benzene rings is 4. The number of anilines is 14. The number of aryl methyl sites for hydroxylation is 4. The van der Waals surface area contributed by atoms with Crippen LogP contribution in [0.15, 0.2) is 72.8 Å². The van der Waals surface area contributed by atoms with Crippen LogP contribution >= 0.6 is 0 Å². The van der Waals surface area contributed by atoms with Crippen LogP contribution in [0.3, 0.4) is 0 Å². The number of amides is 4. The molecule has 8 aromatic rings. The number of aromatic nitrogens is 8. The minimum absolute atomic E-state index is 0.000295. The van der Waals surface area contributed by atoms with E-state index in [0.29, 0.717) is 183 Å². The number of hydrogen-bond acceptors (Lipinski definition) is 35. The van der Waals surface area contributed by atoms with Gasteiger partial charge in [-0.1, -0.05) is 107 Å². The number of nitriles is 4. The molecule has 0 bridgehead atoms. The van der Waals surface area contributed by atoms with Gasteiger partial charge in [0.2, 0.25) is 11.9 Å². The Morgan fingerprint density at radius 2 is 0.716 bits per heavy atom. The van der Waals surface area contributed by atoms with Crippen LogP contribution < -0.4 is 82.9 Å². The summed E-state index contributed by atoms with van der Waals surface area (Å²) in [5, 5.41) is 59.6. The van der Waals surface area contributed by atoms with Gasteiger partial charge in [-0.15, -0.1) is 0 Å². The van der Waals surface area contributed by atoms with E-state index in [-0.39, 0.29) is 57.3 Å². The standard InChI is InChI=1S/C27H40N8O2.2C27H39N7O3.C21H29N7O2/c1-18-10-11-19(25(36)33-37-7)15-22(18)30-23-21(16-28)24(35(6)17-27(2,3)4)32-26(31-23)29-13-12-20-9-8-14-34(20)5;1-18-10-11-19(25(35)32-36-7)15-22(18)29-23-21(16-28)24(34(6)17-27(2,3)4)31-26(30-23)37-14-12-20-9-8-13-33(20)5;1-18-10-11-20(25(35)32-36-7)13-22(18)29-23-21(14-28)24(34(6)17-27(2,3)4)31-26(30-23)37-16-19-9-8-12-33(5)15-19;1-13-8-9-14(19(29)27-30-7)10-16(13)24-17-15(11-22)18(26-20(23-5)25-17)28(6)12-21(2,3)4/h10-11,15,20H,8-9,12-14,17H2,1-7H3,(H,33,36)(H2,29,30,31,32);10-11,15,20H,8-9,12-14,17H2,1-7H3,(H,32,35)(H,29,30,31);10-11,13,19H,8-9,12,15-17H2,1-7H3,(H,32,35)(H,29,30,31);8-10H,12H2,1-7H3,(H,27,29)(H2,23,24,25,26). The van der Waals surface area contributed by atoms with E-state index in [0.717, 1.165) is 87.1 Å². The molecule has 3 unspecified atom stereocenters. The Bertz CT molecular complexity index is 5590. The molecule has 4 aromatic heterocycles. The van der Waals surface area contributed by atoms with Crippen LogP contribution in [-0.2, 0) is 19.4 Å². The van der Waals surface area contributed by atoms with E-state index >= 15 is 0 Å². The van der Waals surface area contributed by atoms with Gasteiger partial charge in [-0.05, 0) is 212 Å². The summed E-state index contributed by atoms with van der Waals surface area (Å²) in [5.41, 5.74) is 18.4. The van der Waals surface area contributed by atoms with Gasteiger partial charge in [0, 0.05) is 138 Å². The number of carbonyl (C=O) groups is 4. The van der Waals surface area contributed by atoms with E-state index in [4.69, 9.17) is 38.8 Å². The maximum atomic E-state index is 12.3. The predicted molar refractivity (Wildman–Crippen MR) is 553 cm³/mol. The molecule has 7 heterocycles. The molecule has 0 radical (unpaired) electrons. The molecule has 760 valence electrons. The van der Waals surface area contributed by atoms with Gasteiger partial charge in [0.05, 0.1) is 41.7 Å². The third-order valence-corrected chi connectivity index (χ3v) is 23.2. The number of rotatable bonds is 36. The maximum absolute atomic E-state index is 12.3. The molecule has 3 fully saturated rings. The molecule has 39 heteroatoms. The SMILES string of the molecule is CNc1nc(Nc2cc(C(=O)NOC)ccc2C)c(C#N)c(N(C)CC(C)(C)C)n1.CONC(=O)c1ccc(C)c(Nc2nc(NCCC3CCCN3C)nc(N(C)CC(C)(C)C)c2C#N)c1.CONC(=O)c1ccc(C)c(Nc2nc(OCC3CCCN(C)C3)nc(N(C)CC(C)(C)C)c2C#N)c1.CONC(=O)c1ccc(C)c(Nc2nc(OCCC3CCCN3C)nc(N(C)CC(C)(C)C)c2C#N)c1. The normalized spacial score (nSPS) is 14.8. The molecule has 3 aliphatic heterocycles. The Balaban J connectivity index is 0.000000231. The molecule has 0 spiro atoms. The number of nitrogens with zero attached hydrogens (tertiary/aromatic N) is 19. The van der Waals surface area contributed by atoms with Crippen LogP contribution in [0.5, 0.6) is 12.0 Å². The molecule has 39 nitrogen and oxygen atoms in total. The lowest BCUT2D eigenvalue weighted by atomic mass is 9.96. The average molecular weight is 1940 g/mol. The van der Waals surface area contributed by atoms with Crippen molar-refractivity contribution in [1.29, 1.82) is 21.0 Å². The zero-order valence-corrected chi connectivity index (χ0v) is 87.7. The first-order valence-corrected chi connectivity index (χ1v) is 47.4. The second-order valence-corrected chi connectivity index (χ2v) is 40.8. The number of ether oxygens (including phenoxy) is 2. The first kappa shape index (κ1) is 113. The van der Waals surface area contributed by atoms with Crippen molar-refractivity contribution in [2.45, 2.75) is 174 Å². The summed E-state index contributed by atoms with van der Waals surface area (Å²) in [6, 6.07) is 31.5. The monoisotopic (exact) mass is 1940 g/mol. The highest BCUT2D eigenvalue weighted by molar-refractivity contribution is 5.97. The molecule has 0 aliphatic carbocycles. The summed E-state index contributed by atoms with van der Waals surface area (Å²) in [7, 11) is 21.3. The first-order chi connectivity index (χ1) is 66.6. The van der Waals surface area contributed by atoms with Gasteiger partial charge in [-0.2, -0.15) is 60.9 Å². The number of nitrogens with one attached hydrogen (secondary N) is 10. The smallest absolute Gasteiger partial charge is 0.320 e. The average Bonchev–Trinajstić information content (AvgIpc) is 1.21. The number of hydrogen-bond donors (Lipinski definition) is 10. The summed E-state index contributed by atoms with van der Waals surface area (Å²) in [6.07, 6.45) is 8.89. The summed E-state index contributed by atoms with van der Waals surface area (Å²) in [4.78, 5) is 120. The molecule has 4 amide bonds. The summed E-state index contributed by atoms with van der Waals surface area (Å²) in [6.45, 7) is 42.0. The fourth-order valence-corrected chi connectivity index (χ4v) is 16.7. The fourth-order valence-electron chi connectivity index (χ4n) is 16.7. The van der Waals surface area contributed by atoms with E-state index in [9.17, 15) is 40.2 Å². The Morgan fingerprint density at radius 1 is 0.411 bits per heavy atom. The van der Waals surface area contributed by atoms with Crippen molar-refractivity contribution in [2.75, 3.05) is 208 Å². The van der Waals surface area contributed by atoms with Gasteiger partial charge < -0.3 is 75.7 Å². The van der Waals surface area contributed by atoms with E-state index in [1.165, 1.54) is 47.7 Å². The topological polar surface area (TPSA) is 465 Å². The molecule has 3 saturated heterocycles. The number of piperidine rings is 1. The highest BCUT2D eigenvalue weighted by Crippen LogP contribution is 2.38. The van der Waals surface area contributed by atoms with Crippen molar-refractivity contribution in [3.8, 4) is 36.3 Å². The zero-order valence-electron chi connectivity index (χ0n) is 87.7. The lowest BCUT2D eigenvalue weighted by molar-refractivity contribution is 0.0533. The Kier molecular flexibility index (Phi) is 41.6. The van der Waals surface area contributed by atoms with Gasteiger partial charge in [0.25, 0.3) is 23.6 Å². The van der Waals surface area contributed by atoms with E-state index in [2.05, 4.69) is 227 Å². The molecule has 0 saturated carbocycles. The maximum Gasteiger partial charge on any atom is 0.320 e. The Morgan fingerprint density at radius 3 is 1.02 bits per heavy atom. The number of carbonyl (C=O) groups excluding carboxylic acids is 4. The van der Waals surface area contributed by atoms with E-state index in [1.54, 1.807) is 55.6 Å². The third-order valence-electron chi connectivity index (χ3n) is 23.2. The zero-order chi connectivity index (χ0) is 104. The van der Waals surface area contributed by atoms with Gasteiger partial charge in [0.1, 0.15) is 46.5 Å². The van der Waals surface area contributed by atoms with E-state index in [1.807, 2.05) is 99.8 Å². The van der Waals surface area contributed by atoms with Crippen LogP contribution in [0, 0.1) is 101 Å². The Labute approximate surface area is 832 Å². The van der Waals surface area contributed by atoms with Crippen molar-refractivity contribution in [2.24, 2.45) is 27.6 Å². The van der Waals surface area contributed by atoms with Crippen LogP contribution in [0.25, 0.3) is 0 Å². The quantitative estimate of drug-likeness (QED) is 0.0163. The van der Waals surface area contributed by atoms with Crippen LogP contribution in [0.1, 0.15) is 220 Å². The van der Waals surface area contributed by atoms with Gasteiger partial charge in [-0.25, -0.2) is 21.9 Å². The largest absolute Gasteiger partial charge is 0.463 e. The minimum Gasteiger partial charge on any atom is -0.463 e. The molecule has 3 atom stereocenters. The molecular weight excluding hydrogens is 1790 g/mol. The Hall–Kier alpha value is -13.6. The van der Waals surface area contributed by atoms with Crippen molar-refractivity contribution in [3.63, 3.8) is 0 Å². The lowest BCUT2D eigenvalue weighted by Crippen LogP contribution is -2.35. The summed E-state index contributed by atoms with van der Waals surface area (Å²) >= 11 is 0. The number of likely N-dealkylation sites (tertiary alicyclic amines) is 3. The van der Waals surface area contributed by atoms with Crippen LogP contribution in [0.2, 0.25) is 0 Å². The van der Waals surface area contributed by atoms with Crippen LogP contribution in [-0.4, -0.2) is 247 Å². The molecule has 11 rings (SSSR count). The van der Waals surface area contributed by atoms with Gasteiger partial charge in [0.15, 0.2) is 46.5 Å². The lowest BCUT2D eigenvalue weighted by Gasteiger charge is -2.30. The third kappa shape index (κ3) is 34.1. The summed E-state index contributed by atoms with van der Waals surface area (Å²) < 4.78 is 12.1. The number of hydroxylamine groups is 4. The van der Waals surface area contributed by atoms with Crippen molar-refractivity contribution < 1.29 is 48.0 Å². The summed E-state index contributed by atoms with van der Waals surface area (Å²) in [5.74, 6) is 3.24. The highest BCUT2D eigenvalue weighted by atomic mass is 16.7. The predicted octanol–water partition coefficient (Wildman–Crippen LogP) is 15.2. The van der Waals surface area contributed by atoms with Gasteiger partial charge in [-0.3, -0.25) is 38.5 Å². The van der Waals surface area contributed by atoms with E-state index < -0.39 is 0 Å². The minimum atomic E-state index is -0.375. The van der Waals surface area contributed by atoms with Gasteiger partial charge >= 0.3 is 12.0 Å². The molecule has 141 heavy (non-hydrogen) atoms. The molecule has 3 aliphatic rings. The van der Waals surface area contributed by atoms with Crippen LogP contribution in [0.4, 0.5) is 81.2 Å². The fraction of sp³-hybridized carbons (Fsp3) is 0.529. The second kappa shape index (κ2) is 52.0. The highest BCUT2D eigenvalue weighted by Gasteiger charge is 2.32. The van der Waals surface area contributed by atoms with Crippen molar-refractivity contribution >= 4 is 105 Å². The first-order valence-electron chi connectivity index (χ1n) is 47.4. The second-order valence-electron chi connectivity index (χ2n) is 40.8. The van der Waals surface area contributed by atoms with Crippen molar-refractivity contribution in [1.82, 2.24) is 76.5 Å². The molecule has 10 N–H and O–H groups in total. The molecule has 4 aromatic carbocycles.